The van der Waals surface area contributed by atoms with Crippen LogP contribution in [0.2, 0.25) is 0 Å². The van der Waals surface area contributed by atoms with Gasteiger partial charge >= 0.3 is 6.18 Å². The zero-order chi connectivity index (χ0) is 17.6. The molecule has 2 N–H and O–H groups in total. The van der Waals surface area contributed by atoms with Crippen LogP contribution in [0.5, 0.6) is 0 Å². The summed E-state index contributed by atoms with van der Waals surface area (Å²) in [7, 11) is 0. The van der Waals surface area contributed by atoms with Crippen LogP contribution in [-0.2, 0) is 6.18 Å². The number of benzene rings is 1. The quantitative estimate of drug-likeness (QED) is 0.787. The molecular formula is C16H17F3N4O. The normalized spacial score (nSPS) is 11.2. The Labute approximate surface area is 137 Å². The number of carbonyl (C=O) groups excluding carboxylic acids is 1. The van der Waals surface area contributed by atoms with E-state index in [0.717, 1.165) is 18.9 Å². The summed E-state index contributed by atoms with van der Waals surface area (Å²) in [5.74, 6) is -0.241. The predicted molar refractivity (Wildman–Crippen MR) is 84.0 cm³/mol. The zero-order valence-corrected chi connectivity index (χ0v) is 13.0. The van der Waals surface area contributed by atoms with Crippen LogP contribution >= 0.6 is 0 Å². The van der Waals surface area contributed by atoms with E-state index in [9.17, 15) is 18.0 Å². The van der Waals surface area contributed by atoms with Crippen molar-refractivity contribution in [3.63, 3.8) is 0 Å². The molecule has 0 atom stereocenters. The van der Waals surface area contributed by atoms with Crippen molar-refractivity contribution in [2.45, 2.75) is 25.9 Å². The molecule has 0 aliphatic carbocycles. The number of hydrogen-bond acceptors (Lipinski definition) is 4. The minimum Gasteiger partial charge on any atom is -0.351 e. The minimum atomic E-state index is -4.48. The maximum Gasteiger partial charge on any atom is 0.418 e. The number of rotatable bonds is 6. The van der Waals surface area contributed by atoms with Crippen LogP contribution in [0.1, 0.15) is 35.8 Å². The second-order valence-corrected chi connectivity index (χ2v) is 5.08. The fraction of sp³-hybridized carbons (Fsp3) is 0.312. The molecule has 0 saturated carbocycles. The molecule has 24 heavy (non-hydrogen) atoms. The van der Waals surface area contributed by atoms with Crippen LogP contribution in [0.15, 0.2) is 36.4 Å². The summed E-state index contributed by atoms with van der Waals surface area (Å²) in [4.78, 5) is 11.8. The molecule has 1 heterocycles. The number of halogens is 3. The Balaban J connectivity index is 2.09. The van der Waals surface area contributed by atoms with Crippen molar-refractivity contribution in [3.8, 4) is 0 Å². The van der Waals surface area contributed by atoms with Gasteiger partial charge in [0.1, 0.15) is 0 Å². The number of unbranched alkanes of at least 4 members (excludes halogenated alkanes) is 1. The van der Waals surface area contributed by atoms with Gasteiger partial charge in [0.15, 0.2) is 11.5 Å². The lowest BCUT2D eigenvalue weighted by atomic mass is 10.1. The molecule has 0 saturated heterocycles. The monoisotopic (exact) mass is 338 g/mol. The van der Waals surface area contributed by atoms with Gasteiger partial charge in [-0.2, -0.15) is 13.2 Å². The van der Waals surface area contributed by atoms with E-state index in [1.165, 1.54) is 30.3 Å². The molecule has 1 amide bonds. The fourth-order valence-electron chi connectivity index (χ4n) is 1.97. The fourth-order valence-corrected chi connectivity index (χ4v) is 1.97. The lowest BCUT2D eigenvalue weighted by Gasteiger charge is -2.13. The topological polar surface area (TPSA) is 66.9 Å². The Kier molecular flexibility index (Phi) is 5.73. The highest BCUT2D eigenvalue weighted by Crippen LogP contribution is 2.35. The van der Waals surface area contributed by atoms with E-state index in [1.807, 2.05) is 6.92 Å². The second-order valence-electron chi connectivity index (χ2n) is 5.08. The van der Waals surface area contributed by atoms with Crippen molar-refractivity contribution in [3.05, 3.63) is 47.7 Å². The van der Waals surface area contributed by atoms with E-state index >= 15 is 0 Å². The molecule has 0 aliphatic rings. The Hall–Kier alpha value is -2.64. The van der Waals surface area contributed by atoms with Crippen molar-refractivity contribution >= 4 is 17.4 Å². The van der Waals surface area contributed by atoms with Gasteiger partial charge in [0.05, 0.1) is 11.3 Å². The summed E-state index contributed by atoms with van der Waals surface area (Å²) >= 11 is 0. The Morgan fingerprint density at radius 3 is 2.50 bits per heavy atom. The minimum absolute atomic E-state index is 0.112. The highest BCUT2D eigenvalue weighted by atomic mass is 19.4. The molecule has 128 valence electrons. The Morgan fingerprint density at radius 1 is 1.12 bits per heavy atom. The number of aromatic nitrogens is 2. The number of anilines is 2. The number of nitrogens with one attached hydrogen (secondary N) is 2. The smallest absolute Gasteiger partial charge is 0.351 e. The van der Waals surface area contributed by atoms with Crippen molar-refractivity contribution in [1.29, 1.82) is 0 Å². The molecule has 0 unspecified atom stereocenters. The molecular weight excluding hydrogens is 321 g/mol. The van der Waals surface area contributed by atoms with Crippen molar-refractivity contribution in [2.75, 3.05) is 11.9 Å². The average Bonchev–Trinajstić information content (AvgIpc) is 2.55. The molecule has 1 aromatic carbocycles. The Bertz CT molecular complexity index is 686. The van der Waals surface area contributed by atoms with Gasteiger partial charge in [-0.1, -0.05) is 25.5 Å². The lowest BCUT2D eigenvalue weighted by Crippen LogP contribution is -2.25. The third-order valence-electron chi connectivity index (χ3n) is 3.21. The highest BCUT2D eigenvalue weighted by molar-refractivity contribution is 5.92. The zero-order valence-electron chi connectivity index (χ0n) is 13.0. The Morgan fingerprint density at radius 2 is 1.88 bits per heavy atom. The molecule has 8 heteroatoms. The van der Waals surface area contributed by atoms with Crippen LogP contribution < -0.4 is 10.6 Å². The first-order valence-electron chi connectivity index (χ1n) is 7.47. The van der Waals surface area contributed by atoms with Crippen molar-refractivity contribution in [1.82, 2.24) is 15.5 Å². The maximum atomic E-state index is 12.9. The van der Waals surface area contributed by atoms with Crippen LogP contribution in [0.25, 0.3) is 0 Å². The van der Waals surface area contributed by atoms with Crippen LogP contribution in [0.3, 0.4) is 0 Å². The van der Waals surface area contributed by atoms with E-state index in [0.29, 0.717) is 6.54 Å². The average molecular weight is 338 g/mol. The molecule has 0 radical (unpaired) electrons. The van der Waals surface area contributed by atoms with Crippen LogP contribution in [0.4, 0.5) is 24.7 Å². The summed E-state index contributed by atoms with van der Waals surface area (Å²) in [6, 6.07) is 7.90. The number of nitrogens with zero attached hydrogens (tertiary/aromatic N) is 2. The highest BCUT2D eigenvalue weighted by Gasteiger charge is 2.33. The molecule has 0 aliphatic heterocycles. The van der Waals surface area contributed by atoms with E-state index in [4.69, 9.17) is 0 Å². The van der Waals surface area contributed by atoms with E-state index in [-0.39, 0.29) is 23.1 Å². The van der Waals surface area contributed by atoms with Gasteiger partial charge < -0.3 is 10.6 Å². The van der Waals surface area contributed by atoms with Gasteiger partial charge in [-0.25, -0.2) is 0 Å². The number of hydrogen-bond donors (Lipinski definition) is 2. The van der Waals surface area contributed by atoms with Crippen molar-refractivity contribution in [2.24, 2.45) is 0 Å². The number of alkyl halides is 3. The maximum absolute atomic E-state index is 12.9. The standard InChI is InChI=1S/C16H17F3N4O/c1-2-3-10-20-15(24)13-8-9-14(23-22-13)21-12-7-5-4-6-11(12)16(17,18)19/h4-9H,2-3,10H2,1H3,(H,20,24)(H,21,23). The number of para-hydroxylation sites is 1. The summed E-state index contributed by atoms with van der Waals surface area (Å²) in [6.45, 7) is 2.54. The third kappa shape index (κ3) is 4.68. The molecule has 2 aromatic rings. The van der Waals surface area contributed by atoms with Gasteiger partial charge in [0.25, 0.3) is 5.91 Å². The first kappa shape index (κ1) is 17.7. The summed E-state index contributed by atoms with van der Waals surface area (Å²) in [6.07, 6.45) is -2.67. The largest absolute Gasteiger partial charge is 0.418 e. The van der Waals surface area contributed by atoms with Gasteiger partial charge in [0.2, 0.25) is 0 Å². The second kappa shape index (κ2) is 7.76. The molecule has 2 rings (SSSR count). The van der Waals surface area contributed by atoms with E-state index in [2.05, 4.69) is 20.8 Å². The first-order chi connectivity index (χ1) is 11.4. The number of amides is 1. The van der Waals surface area contributed by atoms with Gasteiger partial charge in [0, 0.05) is 6.54 Å². The van der Waals surface area contributed by atoms with Gasteiger partial charge in [-0.05, 0) is 30.7 Å². The predicted octanol–water partition coefficient (Wildman–Crippen LogP) is 3.77. The molecule has 0 bridgehead atoms. The molecule has 0 fully saturated rings. The third-order valence-corrected chi connectivity index (χ3v) is 3.21. The van der Waals surface area contributed by atoms with E-state index < -0.39 is 11.7 Å². The molecule has 5 nitrogen and oxygen atoms in total. The van der Waals surface area contributed by atoms with Crippen LogP contribution in [-0.4, -0.2) is 22.6 Å². The van der Waals surface area contributed by atoms with E-state index in [1.54, 1.807) is 0 Å². The molecule has 1 aromatic heterocycles. The van der Waals surface area contributed by atoms with Crippen LogP contribution in [0, 0.1) is 0 Å². The van der Waals surface area contributed by atoms with Crippen molar-refractivity contribution < 1.29 is 18.0 Å². The SMILES string of the molecule is CCCCNC(=O)c1ccc(Nc2ccccc2C(F)(F)F)nn1. The summed E-state index contributed by atoms with van der Waals surface area (Å²) < 4.78 is 38.8. The first-order valence-corrected chi connectivity index (χ1v) is 7.47. The summed E-state index contributed by atoms with van der Waals surface area (Å²) in [5.41, 5.74) is -0.812. The summed E-state index contributed by atoms with van der Waals surface area (Å²) in [5, 5.41) is 12.8. The lowest BCUT2D eigenvalue weighted by molar-refractivity contribution is -0.136. The van der Waals surface area contributed by atoms with Gasteiger partial charge in [-0.3, -0.25) is 4.79 Å². The molecule has 0 spiro atoms. The van der Waals surface area contributed by atoms with Gasteiger partial charge in [-0.15, -0.1) is 10.2 Å². The number of carbonyl (C=O) groups is 1.